The Morgan fingerprint density at radius 3 is 2.79 bits per heavy atom. The number of hydrogen-bond donors (Lipinski definition) is 1. The smallest absolute Gasteiger partial charge is 0.332 e. The second-order valence-corrected chi connectivity index (χ2v) is 12.6. The minimum Gasteiger partial charge on any atom is -0.332 e. The number of halogens is 3. The fraction of sp³-hybridized carbons (Fsp3) is 0.387. The average Bonchev–Trinajstić information content (AvgIpc) is 3.70. The van der Waals surface area contributed by atoms with Crippen molar-refractivity contribution in [1.82, 2.24) is 24.1 Å². The van der Waals surface area contributed by atoms with Crippen molar-refractivity contribution < 1.29 is 22.8 Å². The van der Waals surface area contributed by atoms with Crippen LogP contribution < -0.4 is 5.32 Å². The highest BCUT2D eigenvalue weighted by Crippen LogP contribution is 2.34. The summed E-state index contributed by atoms with van der Waals surface area (Å²) in [6, 6.07) is 9.34. The number of nitrogens with one attached hydrogen (secondary N) is 1. The lowest BCUT2D eigenvalue weighted by Gasteiger charge is -2.27. The van der Waals surface area contributed by atoms with Crippen LogP contribution in [0.3, 0.4) is 0 Å². The number of imidazole rings is 1. The van der Waals surface area contributed by atoms with Gasteiger partial charge in [0.2, 0.25) is 0 Å². The van der Waals surface area contributed by atoms with Gasteiger partial charge in [-0.25, -0.2) is 4.98 Å². The van der Waals surface area contributed by atoms with Gasteiger partial charge in [-0.15, -0.1) is 11.3 Å². The summed E-state index contributed by atoms with van der Waals surface area (Å²) in [5.41, 5.74) is 2.29. The molecule has 1 unspecified atom stereocenters. The molecule has 2 aliphatic heterocycles. The van der Waals surface area contributed by atoms with E-state index in [2.05, 4.69) is 20.1 Å². The number of fused-ring (bicyclic) bond motifs is 2. The Morgan fingerprint density at radius 1 is 1.16 bits per heavy atom. The molecule has 2 aliphatic rings. The Bertz CT molecular complexity index is 1660. The van der Waals surface area contributed by atoms with Crippen LogP contribution in [0.2, 0.25) is 0 Å². The van der Waals surface area contributed by atoms with Crippen LogP contribution >= 0.6 is 11.3 Å². The molecular weight excluding hydrogens is 577 g/mol. The van der Waals surface area contributed by atoms with E-state index in [4.69, 9.17) is 0 Å². The summed E-state index contributed by atoms with van der Waals surface area (Å²) >= 11 is 1.38. The van der Waals surface area contributed by atoms with Crippen molar-refractivity contribution in [1.29, 1.82) is 0 Å². The molecule has 0 spiro atoms. The number of pyridine rings is 1. The first-order valence-electron chi connectivity index (χ1n) is 14.3. The number of carbonyl (C=O) groups is 2. The molecule has 12 heteroatoms. The van der Waals surface area contributed by atoms with E-state index in [0.29, 0.717) is 54.4 Å². The third kappa shape index (κ3) is 6.31. The molecule has 5 heterocycles. The number of alkyl halides is 3. The number of thiophene rings is 1. The molecule has 43 heavy (non-hydrogen) atoms. The van der Waals surface area contributed by atoms with Crippen LogP contribution in [0.4, 0.5) is 18.9 Å². The summed E-state index contributed by atoms with van der Waals surface area (Å²) < 4.78 is 43.2. The number of likely N-dealkylation sites (tertiary alicyclic amines) is 1. The molecule has 226 valence electrons. The van der Waals surface area contributed by atoms with E-state index in [-0.39, 0.29) is 11.6 Å². The SMILES string of the molecule is CN(C)CC1CCN(Cc2cc(NC(=O)c3csc4c3CCN(C(=O)c3cnc5ccccn35)C4)cc(C(F)(F)F)c2)C1. The van der Waals surface area contributed by atoms with Gasteiger partial charge < -0.3 is 15.1 Å². The van der Waals surface area contributed by atoms with E-state index in [0.717, 1.165) is 42.6 Å². The molecule has 1 N–H and O–H groups in total. The standard InChI is InChI=1S/C31H33F3N6O2S/c1-37(2)15-20-6-9-38(16-20)17-21-11-22(31(32,33)34)13-23(12-21)36-29(41)25-19-43-27-18-39(10-7-24(25)27)30(42)26-14-35-28-5-3-4-8-40(26)28/h3-5,8,11-14,19-20H,6-7,9-10,15-18H2,1-2H3,(H,36,41). The van der Waals surface area contributed by atoms with Crippen LogP contribution in [0.5, 0.6) is 0 Å². The lowest BCUT2D eigenvalue weighted by molar-refractivity contribution is -0.137. The maximum absolute atomic E-state index is 13.8. The van der Waals surface area contributed by atoms with E-state index in [1.54, 1.807) is 33.1 Å². The van der Waals surface area contributed by atoms with Gasteiger partial charge in [0.25, 0.3) is 11.8 Å². The van der Waals surface area contributed by atoms with Gasteiger partial charge in [-0.3, -0.25) is 18.9 Å². The molecule has 8 nitrogen and oxygen atoms in total. The van der Waals surface area contributed by atoms with Crippen LogP contribution in [0.25, 0.3) is 5.65 Å². The first kappa shape index (κ1) is 29.3. The summed E-state index contributed by atoms with van der Waals surface area (Å²) in [5.74, 6) is -0.113. The number of rotatable bonds is 7. The molecular formula is C31H33F3N6O2S. The second kappa shape index (κ2) is 11.7. The van der Waals surface area contributed by atoms with E-state index >= 15 is 0 Å². The summed E-state index contributed by atoms with van der Waals surface area (Å²) in [6.45, 7) is 3.76. The van der Waals surface area contributed by atoms with Crippen molar-refractivity contribution in [2.75, 3.05) is 45.6 Å². The monoisotopic (exact) mass is 610 g/mol. The number of hydrogen-bond acceptors (Lipinski definition) is 6. The highest BCUT2D eigenvalue weighted by atomic mass is 32.1. The van der Waals surface area contributed by atoms with E-state index in [1.807, 2.05) is 32.3 Å². The third-order valence-corrected chi connectivity index (χ3v) is 9.11. The predicted octanol–water partition coefficient (Wildman–Crippen LogP) is 5.25. The van der Waals surface area contributed by atoms with Crippen molar-refractivity contribution in [3.63, 3.8) is 0 Å². The van der Waals surface area contributed by atoms with Crippen LogP contribution in [0.1, 0.15) is 48.8 Å². The molecule has 0 saturated carbocycles. The Labute approximate surface area is 251 Å². The van der Waals surface area contributed by atoms with E-state index < -0.39 is 17.6 Å². The van der Waals surface area contributed by atoms with Gasteiger partial charge in [0.15, 0.2) is 0 Å². The van der Waals surface area contributed by atoms with Gasteiger partial charge in [0.1, 0.15) is 11.3 Å². The number of carbonyl (C=O) groups excluding carboxylic acids is 2. The number of amides is 2. The highest BCUT2D eigenvalue weighted by molar-refractivity contribution is 7.10. The average molecular weight is 611 g/mol. The molecule has 6 rings (SSSR count). The van der Waals surface area contributed by atoms with Crippen LogP contribution in [0.15, 0.2) is 54.2 Å². The zero-order valence-electron chi connectivity index (χ0n) is 24.0. The summed E-state index contributed by atoms with van der Waals surface area (Å²) in [5, 5.41) is 4.46. The fourth-order valence-corrected chi connectivity index (χ4v) is 7.24. The first-order valence-corrected chi connectivity index (χ1v) is 15.1. The largest absolute Gasteiger partial charge is 0.416 e. The van der Waals surface area contributed by atoms with Crippen molar-refractivity contribution >= 4 is 34.5 Å². The van der Waals surface area contributed by atoms with Crippen molar-refractivity contribution in [3.8, 4) is 0 Å². The summed E-state index contributed by atoms with van der Waals surface area (Å²) in [4.78, 5) is 37.9. The first-order chi connectivity index (χ1) is 20.5. The summed E-state index contributed by atoms with van der Waals surface area (Å²) in [7, 11) is 4.04. The van der Waals surface area contributed by atoms with Crippen LogP contribution in [0, 0.1) is 5.92 Å². The van der Waals surface area contributed by atoms with E-state index in [1.165, 1.54) is 17.4 Å². The van der Waals surface area contributed by atoms with Gasteiger partial charge in [-0.1, -0.05) is 6.07 Å². The molecule has 0 radical (unpaired) electrons. The molecule has 3 aromatic heterocycles. The molecule has 2 amide bonds. The van der Waals surface area contributed by atoms with Gasteiger partial charge in [0.05, 0.1) is 23.9 Å². The van der Waals surface area contributed by atoms with E-state index in [9.17, 15) is 22.8 Å². The van der Waals surface area contributed by atoms with Crippen molar-refractivity contribution in [2.24, 2.45) is 5.92 Å². The van der Waals surface area contributed by atoms with Gasteiger partial charge in [-0.05, 0) is 80.9 Å². The Hall–Kier alpha value is -3.74. The lowest BCUT2D eigenvalue weighted by Crippen LogP contribution is -2.36. The highest BCUT2D eigenvalue weighted by Gasteiger charge is 2.33. The molecule has 1 saturated heterocycles. The maximum atomic E-state index is 13.8. The van der Waals surface area contributed by atoms with Gasteiger partial charge >= 0.3 is 6.18 Å². The van der Waals surface area contributed by atoms with Gasteiger partial charge in [0, 0.05) is 48.3 Å². The Balaban J connectivity index is 1.16. The molecule has 0 aliphatic carbocycles. The quantitative estimate of drug-likeness (QED) is 0.310. The molecule has 1 fully saturated rings. The maximum Gasteiger partial charge on any atom is 0.416 e. The summed E-state index contributed by atoms with van der Waals surface area (Å²) in [6.07, 6.45) is 0.305. The lowest BCUT2D eigenvalue weighted by atomic mass is 10.0. The third-order valence-electron chi connectivity index (χ3n) is 8.09. The second-order valence-electron chi connectivity index (χ2n) is 11.6. The zero-order chi connectivity index (χ0) is 30.3. The van der Waals surface area contributed by atoms with Crippen LogP contribution in [-0.2, 0) is 25.7 Å². The number of anilines is 1. The molecule has 0 bridgehead atoms. The van der Waals surface area contributed by atoms with Crippen molar-refractivity contribution in [3.05, 3.63) is 87.0 Å². The Morgan fingerprint density at radius 2 is 2.00 bits per heavy atom. The minimum atomic E-state index is -4.54. The Kier molecular flexibility index (Phi) is 8.01. The molecule has 1 aromatic carbocycles. The minimum absolute atomic E-state index is 0.124. The van der Waals surface area contributed by atoms with Crippen molar-refractivity contribution in [2.45, 2.75) is 32.1 Å². The normalized spacial score (nSPS) is 17.5. The molecule has 1 atom stereocenters. The predicted molar refractivity (Wildman–Crippen MR) is 159 cm³/mol. The van der Waals surface area contributed by atoms with Crippen LogP contribution in [-0.4, -0.2) is 76.2 Å². The molecule has 4 aromatic rings. The number of aromatic nitrogens is 2. The van der Waals surface area contributed by atoms with Gasteiger partial charge in [-0.2, -0.15) is 13.2 Å². The number of nitrogens with zero attached hydrogens (tertiary/aromatic N) is 5. The zero-order valence-corrected chi connectivity index (χ0v) is 24.8. The fourth-order valence-electron chi connectivity index (χ4n) is 6.14. The number of benzene rings is 1. The topological polar surface area (TPSA) is 73.2 Å².